The largest absolute Gasteiger partial charge is 0.340 e. The Kier molecular flexibility index (Phi) is 6.24. The van der Waals surface area contributed by atoms with Crippen LogP contribution in [-0.2, 0) is 23.2 Å². The SMILES string of the molecule is CCC(=O)Cn1c(=O)c2c(ncn2C(C)C(=O)Nc2cncc(-c3cnc(N4CC5CC5C4)nc3)n2)n(C)c1=O. The van der Waals surface area contributed by atoms with Crippen LogP contribution in [0.1, 0.15) is 32.7 Å². The second-order valence-corrected chi connectivity index (χ2v) is 10.3. The van der Waals surface area contributed by atoms with Gasteiger partial charge >= 0.3 is 5.69 Å². The Morgan fingerprint density at radius 3 is 2.50 bits per heavy atom. The maximum absolute atomic E-state index is 13.2. The van der Waals surface area contributed by atoms with Crippen molar-refractivity contribution in [2.24, 2.45) is 18.9 Å². The Balaban J connectivity index is 1.22. The van der Waals surface area contributed by atoms with Crippen molar-refractivity contribution < 1.29 is 9.59 Å². The Morgan fingerprint density at radius 1 is 1.07 bits per heavy atom. The standard InChI is InChI=1S/C26H28N10O4/c1-4-18(37)12-35-24(39)21-22(33(3)26(35)40)30-13-36(21)14(2)23(38)32-20-9-27-8-19(31-20)17-6-28-25(29-7-17)34-10-15-5-16(15)11-34/h6-9,13-16H,4-5,10-12H2,1-3H3,(H,31,32,38). The molecule has 14 heteroatoms. The van der Waals surface area contributed by atoms with Crippen LogP contribution >= 0.6 is 0 Å². The van der Waals surface area contributed by atoms with Gasteiger partial charge in [0, 0.05) is 44.5 Å². The monoisotopic (exact) mass is 544 g/mol. The molecule has 2 fully saturated rings. The minimum Gasteiger partial charge on any atom is -0.340 e. The van der Waals surface area contributed by atoms with Gasteiger partial charge in [-0.2, -0.15) is 0 Å². The van der Waals surface area contributed by atoms with Gasteiger partial charge in [0.2, 0.25) is 11.9 Å². The van der Waals surface area contributed by atoms with E-state index >= 15 is 0 Å². The molecule has 0 bridgehead atoms. The molecule has 40 heavy (non-hydrogen) atoms. The molecule has 206 valence electrons. The van der Waals surface area contributed by atoms with E-state index in [0.29, 0.717) is 17.2 Å². The van der Waals surface area contributed by atoms with Gasteiger partial charge in [-0.25, -0.2) is 24.7 Å². The normalized spacial score (nSPS) is 18.5. The number of fused-ring (bicyclic) bond motifs is 2. The highest BCUT2D eigenvalue weighted by Crippen LogP contribution is 2.45. The molecule has 6 rings (SSSR count). The van der Waals surface area contributed by atoms with Crippen molar-refractivity contribution in [3.63, 3.8) is 0 Å². The zero-order valence-corrected chi connectivity index (χ0v) is 22.3. The molecule has 3 atom stereocenters. The third kappa shape index (κ3) is 4.44. The van der Waals surface area contributed by atoms with Gasteiger partial charge < -0.3 is 14.8 Å². The molecule has 1 N–H and O–H groups in total. The number of anilines is 2. The van der Waals surface area contributed by atoms with Crippen LogP contribution in [0.5, 0.6) is 0 Å². The van der Waals surface area contributed by atoms with E-state index in [1.807, 2.05) is 0 Å². The predicted octanol–water partition coefficient (Wildman–Crippen LogP) is 0.779. The highest BCUT2D eigenvalue weighted by atomic mass is 16.2. The Hall–Kier alpha value is -4.75. The molecule has 3 unspecified atom stereocenters. The molecule has 1 saturated heterocycles. The molecular formula is C26H28N10O4. The molecule has 2 aliphatic rings. The van der Waals surface area contributed by atoms with Crippen LogP contribution in [0.15, 0.2) is 40.7 Å². The fraction of sp³-hybridized carbons (Fsp3) is 0.423. The summed E-state index contributed by atoms with van der Waals surface area (Å²) in [6.07, 6.45) is 9.18. The second-order valence-electron chi connectivity index (χ2n) is 10.3. The Bertz CT molecular complexity index is 1750. The van der Waals surface area contributed by atoms with Crippen molar-refractivity contribution in [2.75, 3.05) is 23.3 Å². The van der Waals surface area contributed by atoms with Gasteiger partial charge in [-0.3, -0.25) is 28.5 Å². The number of piperidine rings is 1. The lowest BCUT2D eigenvalue weighted by atomic mass is 10.2. The average Bonchev–Trinajstić information content (AvgIpc) is 3.35. The van der Waals surface area contributed by atoms with Crippen LogP contribution in [0.3, 0.4) is 0 Å². The van der Waals surface area contributed by atoms with Gasteiger partial charge in [0.1, 0.15) is 6.04 Å². The van der Waals surface area contributed by atoms with E-state index in [2.05, 4.69) is 35.1 Å². The highest BCUT2D eigenvalue weighted by Gasteiger charge is 2.45. The molecule has 4 aromatic rings. The number of Topliss-reactive ketones (excluding diaryl/α,β-unsaturated/α-hetero) is 1. The molecule has 1 amide bonds. The molecule has 4 aromatic heterocycles. The predicted molar refractivity (Wildman–Crippen MR) is 145 cm³/mol. The number of hydrogen-bond acceptors (Lipinski definition) is 10. The lowest BCUT2D eigenvalue weighted by Crippen LogP contribution is -2.41. The number of imidazole rings is 1. The molecule has 0 aromatic carbocycles. The first-order valence-electron chi connectivity index (χ1n) is 13.1. The third-order valence-electron chi connectivity index (χ3n) is 7.66. The third-order valence-corrected chi connectivity index (χ3v) is 7.66. The first kappa shape index (κ1) is 25.5. The first-order valence-corrected chi connectivity index (χ1v) is 13.1. The number of nitrogens with zero attached hydrogens (tertiary/aromatic N) is 9. The number of amides is 1. The fourth-order valence-corrected chi connectivity index (χ4v) is 5.11. The van der Waals surface area contributed by atoms with Crippen molar-refractivity contribution >= 4 is 34.6 Å². The van der Waals surface area contributed by atoms with E-state index < -0.39 is 23.2 Å². The number of nitrogens with one attached hydrogen (secondary N) is 1. The van der Waals surface area contributed by atoms with Crippen LogP contribution < -0.4 is 21.5 Å². The summed E-state index contributed by atoms with van der Waals surface area (Å²) >= 11 is 0. The summed E-state index contributed by atoms with van der Waals surface area (Å²) in [6.45, 7) is 4.89. The summed E-state index contributed by atoms with van der Waals surface area (Å²) in [6, 6.07) is -0.898. The Morgan fingerprint density at radius 2 is 1.80 bits per heavy atom. The number of rotatable bonds is 8. The summed E-state index contributed by atoms with van der Waals surface area (Å²) in [5.41, 5.74) is -0.0237. The van der Waals surface area contributed by atoms with Gasteiger partial charge in [-0.05, 0) is 25.2 Å². The van der Waals surface area contributed by atoms with E-state index in [4.69, 9.17) is 0 Å². The van der Waals surface area contributed by atoms with Gasteiger partial charge in [0.15, 0.2) is 22.8 Å². The highest BCUT2D eigenvalue weighted by molar-refractivity contribution is 5.93. The molecule has 5 heterocycles. The van der Waals surface area contributed by atoms with E-state index in [1.54, 1.807) is 32.4 Å². The fourth-order valence-electron chi connectivity index (χ4n) is 5.11. The second kappa shape index (κ2) is 9.77. The zero-order valence-electron chi connectivity index (χ0n) is 22.3. The average molecular weight is 545 g/mol. The number of aromatic nitrogens is 8. The first-order chi connectivity index (χ1) is 19.2. The number of aryl methyl sites for hydroxylation is 1. The van der Waals surface area contributed by atoms with Gasteiger partial charge in [-0.1, -0.05) is 6.92 Å². The van der Waals surface area contributed by atoms with Crippen molar-refractivity contribution in [1.82, 2.24) is 38.6 Å². The summed E-state index contributed by atoms with van der Waals surface area (Å²) < 4.78 is 3.44. The van der Waals surface area contributed by atoms with Gasteiger partial charge in [0.25, 0.3) is 5.56 Å². The summed E-state index contributed by atoms with van der Waals surface area (Å²) in [5, 5.41) is 2.73. The molecule has 14 nitrogen and oxygen atoms in total. The maximum atomic E-state index is 13.2. The number of ketones is 1. The maximum Gasteiger partial charge on any atom is 0.332 e. The molecule has 1 aliphatic heterocycles. The number of carbonyl (C=O) groups is 2. The topological polar surface area (TPSA) is 163 Å². The molecular weight excluding hydrogens is 516 g/mol. The lowest BCUT2D eigenvalue weighted by Gasteiger charge is -2.17. The zero-order chi connectivity index (χ0) is 28.1. The minimum atomic E-state index is -0.898. The minimum absolute atomic E-state index is 0.0426. The van der Waals surface area contributed by atoms with Crippen molar-refractivity contribution in [2.45, 2.75) is 39.3 Å². The summed E-state index contributed by atoms with van der Waals surface area (Å²) in [4.78, 5) is 75.2. The van der Waals surface area contributed by atoms with Crippen LogP contribution in [0.4, 0.5) is 11.8 Å². The van der Waals surface area contributed by atoms with Crippen LogP contribution in [-0.4, -0.2) is 63.4 Å². The number of hydrogen-bond donors (Lipinski definition) is 1. The Labute approximate surface area is 227 Å². The van der Waals surface area contributed by atoms with Gasteiger partial charge in [-0.15, -0.1) is 0 Å². The van der Waals surface area contributed by atoms with E-state index in [-0.39, 0.29) is 35.7 Å². The molecule has 0 spiro atoms. The van der Waals surface area contributed by atoms with E-state index in [9.17, 15) is 19.2 Å². The lowest BCUT2D eigenvalue weighted by molar-refractivity contribution is -0.120. The van der Waals surface area contributed by atoms with Crippen LogP contribution in [0.25, 0.3) is 22.4 Å². The molecule has 0 radical (unpaired) electrons. The van der Waals surface area contributed by atoms with Crippen molar-refractivity contribution in [1.29, 1.82) is 0 Å². The molecule has 1 aliphatic carbocycles. The van der Waals surface area contributed by atoms with E-state index in [1.165, 1.54) is 35.1 Å². The van der Waals surface area contributed by atoms with Gasteiger partial charge in [0.05, 0.1) is 31.0 Å². The summed E-state index contributed by atoms with van der Waals surface area (Å²) in [7, 11) is 1.46. The quantitative estimate of drug-likeness (QED) is 0.335. The van der Waals surface area contributed by atoms with Crippen molar-refractivity contribution in [3.05, 3.63) is 52.0 Å². The van der Waals surface area contributed by atoms with Crippen LogP contribution in [0, 0.1) is 11.8 Å². The van der Waals surface area contributed by atoms with E-state index in [0.717, 1.165) is 29.5 Å². The van der Waals surface area contributed by atoms with Crippen LogP contribution in [0.2, 0.25) is 0 Å². The van der Waals surface area contributed by atoms with Crippen molar-refractivity contribution in [3.8, 4) is 11.3 Å². The number of carbonyl (C=O) groups excluding carboxylic acids is 2. The summed E-state index contributed by atoms with van der Waals surface area (Å²) in [5.74, 6) is 1.72. The molecule has 1 saturated carbocycles. The smallest absolute Gasteiger partial charge is 0.332 e.